The monoisotopic (exact) mass is 421 g/mol. The molecule has 0 N–H and O–H groups in total. The van der Waals surface area contributed by atoms with Crippen molar-refractivity contribution in [3.63, 3.8) is 0 Å². The predicted octanol–water partition coefficient (Wildman–Crippen LogP) is 4.40. The molecule has 7 nitrogen and oxygen atoms in total. The molecule has 1 aliphatic heterocycles. The maximum atomic E-state index is 13.6. The van der Waals surface area contributed by atoms with E-state index in [0.29, 0.717) is 36.5 Å². The Kier molecular flexibility index (Phi) is 5.03. The molecule has 10 heteroatoms. The molecule has 4 rings (SSSR count). The highest BCUT2D eigenvalue weighted by Crippen LogP contribution is 2.35. The van der Waals surface area contributed by atoms with Gasteiger partial charge in [-0.3, -0.25) is 4.79 Å². The SMILES string of the molecule is CCc1cc(C(=O)N2CCC[C@H]2c2cc3nc(C(C)C)cc(C(F)(F)F)n3n2)no1. The molecule has 160 valence electrons. The van der Waals surface area contributed by atoms with Gasteiger partial charge in [0.05, 0.1) is 11.7 Å². The minimum Gasteiger partial charge on any atom is -0.361 e. The molecule has 1 saturated heterocycles. The second-order valence-corrected chi connectivity index (χ2v) is 7.75. The van der Waals surface area contributed by atoms with Gasteiger partial charge in [-0.15, -0.1) is 0 Å². The molecular weight excluding hydrogens is 399 g/mol. The van der Waals surface area contributed by atoms with Crippen molar-refractivity contribution in [2.75, 3.05) is 6.54 Å². The van der Waals surface area contributed by atoms with Crippen LogP contribution in [0.4, 0.5) is 13.2 Å². The van der Waals surface area contributed by atoms with E-state index in [-0.39, 0.29) is 23.2 Å². The Morgan fingerprint density at radius 1 is 1.30 bits per heavy atom. The standard InChI is InChI=1S/C20H22F3N5O2/c1-4-12-8-15(26-30-12)19(29)27-7-5-6-16(27)14-10-18-24-13(11(2)3)9-17(20(21,22)23)28(18)25-14/h8-11,16H,4-7H2,1-3H3/t16-/m0/s1. The molecule has 0 spiro atoms. The number of hydrogen-bond donors (Lipinski definition) is 0. The van der Waals surface area contributed by atoms with Gasteiger partial charge in [0, 0.05) is 30.8 Å². The third-order valence-electron chi connectivity index (χ3n) is 5.33. The average Bonchev–Trinajstić information content (AvgIpc) is 3.43. The Morgan fingerprint density at radius 2 is 2.07 bits per heavy atom. The van der Waals surface area contributed by atoms with Gasteiger partial charge >= 0.3 is 6.18 Å². The molecule has 1 atom stereocenters. The molecule has 3 aromatic heterocycles. The zero-order chi connectivity index (χ0) is 21.6. The average molecular weight is 421 g/mol. The number of aromatic nitrogens is 4. The molecule has 30 heavy (non-hydrogen) atoms. The molecule has 3 aromatic rings. The first-order valence-corrected chi connectivity index (χ1v) is 9.93. The molecule has 1 amide bonds. The summed E-state index contributed by atoms with van der Waals surface area (Å²) in [6.07, 6.45) is -2.64. The zero-order valence-electron chi connectivity index (χ0n) is 16.9. The van der Waals surface area contributed by atoms with E-state index in [1.807, 2.05) is 6.92 Å². The van der Waals surface area contributed by atoms with Crippen molar-refractivity contribution in [2.45, 2.75) is 58.2 Å². The highest BCUT2D eigenvalue weighted by Gasteiger charge is 2.38. The lowest BCUT2D eigenvalue weighted by molar-refractivity contribution is -0.142. The fraction of sp³-hybridized carbons (Fsp3) is 0.500. The summed E-state index contributed by atoms with van der Waals surface area (Å²) in [6.45, 7) is 5.94. The van der Waals surface area contributed by atoms with Gasteiger partial charge < -0.3 is 9.42 Å². The van der Waals surface area contributed by atoms with Crippen molar-refractivity contribution >= 4 is 11.6 Å². The van der Waals surface area contributed by atoms with E-state index in [4.69, 9.17) is 4.52 Å². The normalized spacial score (nSPS) is 17.4. The van der Waals surface area contributed by atoms with Crippen molar-refractivity contribution in [3.05, 3.63) is 46.7 Å². The number of alkyl halides is 3. The summed E-state index contributed by atoms with van der Waals surface area (Å²) in [5, 5.41) is 8.03. The quantitative estimate of drug-likeness (QED) is 0.624. The van der Waals surface area contributed by atoms with Crippen LogP contribution in [-0.2, 0) is 12.6 Å². The first-order valence-electron chi connectivity index (χ1n) is 9.93. The summed E-state index contributed by atoms with van der Waals surface area (Å²) >= 11 is 0. The summed E-state index contributed by atoms with van der Waals surface area (Å²) in [4.78, 5) is 18.9. The van der Waals surface area contributed by atoms with E-state index in [2.05, 4.69) is 15.2 Å². The number of carbonyl (C=O) groups excluding carboxylic acids is 1. The second-order valence-electron chi connectivity index (χ2n) is 7.75. The van der Waals surface area contributed by atoms with Crippen LogP contribution < -0.4 is 0 Å². The Balaban J connectivity index is 1.74. The van der Waals surface area contributed by atoms with E-state index in [9.17, 15) is 18.0 Å². The van der Waals surface area contributed by atoms with Crippen LogP contribution in [0.1, 0.15) is 78.9 Å². The maximum Gasteiger partial charge on any atom is 0.433 e. The van der Waals surface area contributed by atoms with E-state index in [1.54, 1.807) is 24.8 Å². The van der Waals surface area contributed by atoms with Crippen molar-refractivity contribution in [2.24, 2.45) is 0 Å². The van der Waals surface area contributed by atoms with Gasteiger partial charge in [0.2, 0.25) is 0 Å². The molecule has 4 heterocycles. The fourth-order valence-electron chi connectivity index (χ4n) is 3.72. The Hall–Kier alpha value is -2.91. The third kappa shape index (κ3) is 3.54. The van der Waals surface area contributed by atoms with E-state index >= 15 is 0 Å². The minimum atomic E-state index is -4.57. The van der Waals surface area contributed by atoms with Gasteiger partial charge in [-0.1, -0.05) is 25.9 Å². The number of rotatable bonds is 4. The lowest BCUT2D eigenvalue weighted by Gasteiger charge is -2.22. The molecule has 0 bridgehead atoms. The van der Waals surface area contributed by atoms with Crippen LogP contribution in [-0.4, -0.2) is 37.1 Å². The van der Waals surface area contributed by atoms with E-state index < -0.39 is 17.9 Å². The van der Waals surface area contributed by atoms with Crippen LogP contribution in [0.15, 0.2) is 22.7 Å². The van der Waals surface area contributed by atoms with Gasteiger partial charge in [0.25, 0.3) is 5.91 Å². The smallest absolute Gasteiger partial charge is 0.361 e. The maximum absolute atomic E-state index is 13.6. The topological polar surface area (TPSA) is 76.5 Å². The number of fused-ring (bicyclic) bond motifs is 1. The fourth-order valence-corrected chi connectivity index (χ4v) is 3.72. The largest absolute Gasteiger partial charge is 0.433 e. The van der Waals surface area contributed by atoms with Gasteiger partial charge in [-0.25, -0.2) is 9.50 Å². The van der Waals surface area contributed by atoms with Gasteiger partial charge in [-0.05, 0) is 24.8 Å². The lowest BCUT2D eigenvalue weighted by atomic mass is 10.1. The van der Waals surface area contributed by atoms with Crippen molar-refractivity contribution in [3.8, 4) is 0 Å². The number of nitrogens with zero attached hydrogens (tertiary/aromatic N) is 5. The van der Waals surface area contributed by atoms with Crippen molar-refractivity contribution < 1.29 is 22.5 Å². The van der Waals surface area contributed by atoms with Crippen LogP contribution in [0.5, 0.6) is 0 Å². The Bertz CT molecular complexity index is 1090. The van der Waals surface area contributed by atoms with Crippen LogP contribution in [0, 0.1) is 0 Å². The van der Waals surface area contributed by atoms with E-state index in [0.717, 1.165) is 17.0 Å². The van der Waals surface area contributed by atoms with E-state index in [1.165, 1.54) is 6.07 Å². The van der Waals surface area contributed by atoms with Crippen LogP contribution in [0.2, 0.25) is 0 Å². The number of likely N-dealkylation sites (tertiary alicyclic amines) is 1. The molecule has 1 aliphatic rings. The number of hydrogen-bond acceptors (Lipinski definition) is 5. The number of amides is 1. The third-order valence-corrected chi connectivity index (χ3v) is 5.33. The number of aryl methyl sites for hydroxylation is 1. The molecular formula is C20H22F3N5O2. The Labute approximate surface area is 170 Å². The molecule has 0 unspecified atom stereocenters. The molecule has 1 fully saturated rings. The van der Waals surface area contributed by atoms with Gasteiger partial charge in [0.15, 0.2) is 11.3 Å². The summed E-state index contributed by atoms with van der Waals surface area (Å²) in [7, 11) is 0. The van der Waals surface area contributed by atoms with Crippen LogP contribution in [0.3, 0.4) is 0 Å². The summed E-state index contributed by atoms with van der Waals surface area (Å²) < 4.78 is 46.9. The zero-order valence-corrected chi connectivity index (χ0v) is 16.9. The highest BCUT2D eigenvalue weighted by molar-refractivity contribution is 5.92. The van der Waals surface area contributed by atoms with Crippen LogP contribution in [0.25, 0.3) is 5.65 Å². The Morgan fingerprint density at radius 3 is 2.70 bits per heavy atom. The number of carbonyl (C=O) groups is 1. The molecule has 0 aromatic carbocycles. The van der Waals surface area contributed by atoms with Gasteiger partial charge in [-0.2, -0.15) is 18.3 Å². The minimum absolute atomic E-state index is 0.123. The van der Waals surface area contributed by atoms with Crippen molar-refractivity contribution in [1.29, 1.82) is 0 Å². The highest BCUT2D eigenvalue weighted by atomic mass is 19.4. The van der Waals surface area contributed by atoms with Crippen molar-refractivity contribution in [1.82, 2.24) is 24.7 Å². The molecule has 0 radical (unpaired) electrons. The molecule has 0 saturated carbocycles. The van der Waals surface area contributed by atoms with Crippen LogP contribution >= 0.6 is 0 Å². The first-order chi connectivity index (χ1) is 14.2. The first kappa shape index (κ1) is 20.4. The second kappa shape index (κ2) is 7.41. The van der Waals surface area contributed by atoms with Gasteiger partial charge in [0.1, 0.15) is 11.5 Å². The predicted molar refractivity (Wildman–Crippen MR) is 101 cm³/mol. The molecule has 0 aliphatic carbocycles. The lowest BCUT2D eigenvalue weighted by Crippen LogP contribution is -2.31. The summed E-state index contributed by atoms with van der Waals surface area (Å²) in [5.74, 6) is 0.117. The number of halogens is 3. The summed E-state index contributed by atoms with van der Waals surface area (Å²) in [6, 6.07) is 3.73. The summed E-state index contributed by atoms with van der Waals surface area (Å²) in [5.41, 5.74) is 0.174.